The highest BCUT2D eigenvalue weighted by Gasteiger charge is 2.34. The molecule has 3 atom stereocenters. The van der Waals surface area contributed by atoms with Gasteiger partial charge in [-0.1, -0.05) is 30.3 Å². The Balaban J connectivity index is 2.90. The van der Waals surface area contributed by atoms with E-state index in [9.17, 15) is 13.5 Å². The van der Waals surface area contributed by atoms with Crippen LogP contribution in [-0.2, 0) is 20.4 Å². The molecule has 0 saturated heterocycles. The Morgan fingerprint density at radius 2 is 1.95 bits per heavy atom. The lowest BCUT2D eigenvalue weighted by Crippen LogP contribution is -2.46. The first-order valence-electron chi connectivity index (χ1n) is 7.02. The minimum atomic E-state index is -3.56. The van der Waals surface area contributed by atoms with Crippen molar-refractivity contribution in [3.05, 3.63) is 35.9 Å². The van der Waals surface area contributed by atoms with Gasteiger partial charge in [0, 0.05) is 18.4 Å². The van der Waals surface area contributed by atoms with E-state index < -0.39 is 15.6 Å². The summed E-state index contributed by atoms with van der Waals surface area (Å²) >= 11 is 1.43. The van der Waals surface area contributed by atoms with E-state index in [0.29, 0.717) is 0 Å². The van der Waals surface area contributed by atoms with Crippen molar-refractivity contribution in [1.29, 1.82) is 0 Å². The number of hydrogen-bond acceptors (Lipinski definition) is 5. The molecule has 1 aromatic carbocycles. The smallest absolute Gasteiger partial charge is 0.215 e. The molecule has 7 heteroatoms. The molecule has 0 saturated carbocycles. The van der Waals surface area contributed by atoms with E-state index in [1.54, 1.807) is 13.8 Å². The van der Waals surface area contributed by atoms with Crippen LogP contribution in [0, 0.1) is 0 Å². The van der Waals surface area contributed by atoms with Crippen molar-refractivity contribution in [2.24, 2.45) is 0 Å². The highest BCUT2D eigenvalue weighted by atomic mass is 32.2. The summed E-state index contributed by atoms with van der Waals surface area (Å²) in [6.07, 6.45) is 1.84. The van der Waals surface area contributed by atoms with E-state index in [0.717, 1.165) is 5.56 Å². The molecule has 1 rings (SSSR count). The van der Waals surface area contributed by atoms with E-state index in [1.165, 1.54) is 18.9 Å². The van der Waals surface area contributed by atoms with Crippen LogP contribution in [0.3, 0.4) is 0 Å². The Kier molecular flexibility index (Phi) is 7.34. The molecule has 126 valence electrons. The topological polar surface area (TPSA) is 75.6 Å². The standard InChI is InChI=1S/C15H25NO4S2/c1-12(14(10-17)21-4)16-22(18,19)11-15(2,20-3)13-8-6-5-7-9-13/h5-9,12,14,16-17H,10-11H2,1-4H3/t12-,14-,15-/m1/s1. The molecule has 0 aliphatic heterocycles. The van der Waals surface area contributed by atoms with Gasteiger partial charge in [-0.05, 0) is 25.7 Å². The minimum absolute atomic E-state index is 0.0783. The van der Waals surface area contributed by atoms with Crippen LogP contribution in [0.2, 0.25) is 0 Å². The molecule has 0 spiro atoms. The monoisotopic (exact) mass is 347 g/mol. The summed E-state index contributed by atoms with van der Waals surface area (Å²) in [5, 5.41) is 9.09. The van der Waals surface area contributed by atoms with Gasteiger partial charge in [0.2, 0.25) is 10.0 Å². The largest absolute Gasteiger partial charge is 0.395 e. The van der Waals surface area contributed by atoms with Gasteiger partial charge in [0.05, 0.1) is 12.4 Å². The number of methoxy groups -OCH3 is 1. The van der Waals surface area contributed by atoms with Gasteiger partial charge in [0.1, 0.15) is 5.60 Å². The van der Waals surface area contributed by atoms with E-state index in [1.807, 2.05) is 36.6 Å². The zero-order valence-corrected chi connectivity index (χ0v) is 15.1. The van der Waals surface area contributed by atoms with E-state index >= 15 is 0 Å². The number of benzene rings is 1. The molecule has 2 N–H and O–H groups in total. The second-order valence-electron chi connectivity index (χ2n) is 5.42. The molecule has 0 fully saturated rings. The third-order valence-corrected chi connectivity index (χ3v) is 6.53. The van der Waals surface area contributed by atoms with Crippen molar-refractivity contribution in [2.75, 3.05) is 25.7 Å². The lowest BCUT2D eigenvalue weighted by Gasteiger charge is -2.30. The van der Waals surface area contributed by atoms with Crippen LogP contribution in [0.5, 0.6) is 0 Å². The summed E-state index contributed by atoms with van der Waals surface area (Å²) in [6.45, 7) is 3.43. The molecule has 0 bridgehead atoms. The SMILES string of the molecule is CO[C@](C)(CS(=O)(=O)N[C@H](C)[C@@H](CO)SC)c1ccccc1. The number of aliphatic hydroxyl groups excluding tert-OH is 1. The average molecular weight is 348 g/mol. The van der Waals surface area contributed by atoms with Gasteiger partial charge in [-0.15, -0.1) is 0 Å². The zero-order valence-electron chi connectivity index (χ0n) is 13.4. The number of rotatable bonds is 9. The third-order valence-electron chi connectivity index (χ3n) is 3.71. The van der Waals surface area contributed by atoms with Gasteiger partial charge in [-0.25, -0.2) is 13.1 Å². The highest BCUT2D eigenvalue weighted by molar-refractivity contribution is 7.99. The van der Waals surface area contributed by atoms with Gasteiger partial charge in [-0.2, -0.15) is 11.8 Å². The van der Waals surface area contributed by atoms with Gasteiger partial charge >= 0.3 is 0 Å². The highest BCUT2D eigenvalue weighted by Crippen LogP contribution is 2.26. The molecule has 5 nitrogen and oxygen atoms in total. The molecule has 0 aromatic heterocycles. The molecule has 0 radical (unpaired) electrons. The lowest BCUT2D eigenvalue weighted by atomic mass is 9.98. The molecule has 0 aliphatic rings. The molecule has 1 aromatic rings. The van der Waals surface area contributed by atoms with E-state index in [-0.39, 0.29) is 23.7 Å². The first kappa shape index (κ1) is 19.4. The molecule has 0 aliphatic carbocycles. The summed E-state index contributed by atoms with van der Waals surface area (Å²) in [4.78, 5) is 0. The number of aliphatic hydroxyl groups is 1. The van der Waals surface area contributed by atoms with Crippen molar-refractivity contribution in [3.8, 4) is 0 Å². The average Bonchev–Trinajstić information content (AvgIpc) is 2.48. The minimum Gasteiger partial charge on any atom is -0.395 e. The van der Waals surface area contributed by atoms with Crippen LogP contribution in [0.4, 0.5) is 0 Å². The third kappa shape index (κ3) is 5.24. The molecule has 0 heterocycles. The Labute approximate surface area is 137 Å². The van der Waals surface area contributed by atoms with Crippen molar-refractivity contribution in [1.82, 2.24) is 4.72 Å². The van der Waals surface area contributed by atoms with Crippen molar-refractivity contribution < 1.29 is 18.3 Å². The van der Waals surface area contributed by atoms with Crippen LogP contribution in [0.15, 0.2) is 30.3 Å². The Bertz CT molecular complexity index is 546. The Morgan fingerprint density at radius 3 is 2.41 bits per heavy atom. The van der Waals surface area contributed by atoms with Gasteiger partial charge in [-0.3, -0.25) is 0 Å². The molecular formula is C15H25NO4S2. The first-order chi connectivity index (χ1) is 10.3. The van der Waals surface area contributed by atoms with Crippen LogP contribution in [-0.4, -0.2) is 50.5 Å². The summed E-state index contributed by atoms with van der Waals surface area (Å²) in [7, 11) is -2.06. The number of ether oxygens (including phenoxy) is 1. The summed E-state index contributed by atoms with van der Waals surface area (Å²) in [5.41, 5.74) is -0.125. The molecule has 22 heavy (non-hydrogen) atoms. The van der Waals surface area contributed by atoms with Crippen molar-refractivity contribution in [2.45, 2.75) is 30.7 Å². The maximum atomic E-state index is 12.4. The van der Waals surface area contributed by atoms with E-state index in [4.69, 9.17) is 4.74 Å². The Morgan fingerprint density at radius 1 is 1.36 bits per heavy atom. The van der Waals surface area contributed by atoms with Gasteiger partial charge in [0.25, 0.3) is 0 Å². The quantitative estimate of drug-likeness (QED) is 0.709. The van der Waals surface area contributed by atoms with Crippen LogP contribution in [0.25, 0.3) is 0 Å². The number of thioether (sulfide) groups is 1. The Hall–Kier alpha value is -0.600. The number of hydrogen-bond donors (Lipinski definition) is 2. The summed E-state index contributed by atoms with van der Waals surface area (Å²) in [6, 6.07) is 8.91. The maximum absolute atomic E-state index is 12.4. The lowest BCUT2D eigenvalue weighted by molar-refractivity contribution is 0.0220. The fourth-order valence-corrected chi connectivity index (χ4v) is 4.79. The predicted octanol–water partition coefficient (Wildman–Crippen LogP) is 1.58. The normalized spacial score (nSPS) is 17.7. The van der Waals surface area contributed by atoms with Crippen molar-refractivity contribution >= 4 is 21.8 Å². The zero-order chi connectivity index (χ0) is 16.8. The number of sulfonamides is 1. The molecule has 0 unspecified atom stereocenters. The maximum Gasteiger partial charge on any atom is 0.215 e. The second-order valence-corrected chi connectivity index (χ2v) is 8.25. The fourth-order valence-electron chi connectivity index (χ4n) is 2.25. The van der Waals surface area contributed by atoms with Gasteiger partial charge < -0.3 is 9.84 Å². The van der Waals surface area contributed by atoms with E-state index in [2.05, 4.69) is 4.72 Å². The summed E-state index contributed by atoms with van der Waals surface area (Å²) < 4.78 is 33.0. The first-order valence-corrected chi connectivity index (χ1v) is 9.96. The van der Waals surface area contributed by atoms with Gasteiger partial charge in [0.15, 0.2) is 0 Å². The second kappa shape index (κ2) is 8.31. The number of nitrogens with one attached hydrogen (secondary N) is 1. The van der Waals surface area contributed by atoms with Crippen LogP contribution < -0.4 is 4.72 Å². The molecule has 0 amide bonds. The predicted molar refractivity (Wildman–Crippen MR) is 91.6 cm³/mol. The van der Waals surface area contributed by atoms with Crippen LogP contribution in [0.1, 0.15) is 19.4 Å². The summed E-state index contributed by atoms with van der Waals surface area (Å²) in [5.74, 6) is -0.183. The van der Waals surface area contributed by atoms with Crippen LogP contribution >= 0.6 is 11.8 Å². The van der Waals surface area contributed by atoms with Crippen molar-refractivity contribution in [3.63, 3.8) is 0 Å². The fraction of sp³-hybridized carbons (Fsp3) is 0.600. The molecular weight excluding hydrogens is 322 g/mol.